The monoisotopic (exact) mass is 631 g/mol. The van der Waals surface area contributed by atoms with E-state index in [2.05, 4.69) is 30.2 Å². The van der Waals surface area contributed by atoms with Crippen LogP contribution in [-0.2, 0) is 9.59 Å². The molecule has 4 nitrogen and oxygen atoms in total. The van der Waals surface area contributed by atoms with Crippen molar-refractivity contribution in [3.05, 3.63) is 12.2 Å². The highest BCUT2D eigenvalue weighted by atomic mass is 16.2. The quantitative estimate of drug-likeness (QED) is 0.0535. The molecule has 0 aromatic heterocycles. The van der Waals surface area contributed by atoms with Crippen molar-refractivity contribution in [3.8, 4) is 0 Å². The van der Waals surface area contributed by atoms with Gasteiger partial charge in [-0.1, -0.05) is 122 Å². The third-order valence-electron chi connectivity index (χ3n) is 10.0. The summed E-state index contributed by atoms with van der Waals surface area (Å²) in [5.41, 5.74) is 1.31. The standard InChI is InChI=1S/C41H78N2O2/c1-5-6-7-8-9-14-19-25-37-43(41(45)33-24-26-34-42-35-27-28-36-42)40(31-22-17-12-10-15-20-29-38(2)3)32-23-18-13-11-16-21-30-39(4)44/h40H,2,5-37H2,1,3-4H3. The molecular weight excluding hydrogens is 552 g/mol. The summed E-state index contributed by atoms with van der Waals surface area (Å²) >= 11 is 0. The first-order valence-electron chi connectivity index (χ1n) is 20.1. The molecule has 1 rings (SSSR count). The Kier molecular flexibility index (Phi) is 28.1. The third kappa shape index (κ3) is 25.6. The highest BCUT2D eigenvalue weighted by Crippen LogP contribution is 2.22. The molecular formula is C41H78N2O2. The molecule has 0 N–H and O–H groups in total. The number of unbranched alkanes of at least 4 members (excludes halogenated alkanes) is 18. The first-order chi connectivity index (χ1) is 21.9. The Bertz CT molecular complexity index is 684. The molecule has 0 bridgehead atoms. The van der Waals surface area contributed by atoms with Crippen molar-refractivity contribution < 1.29 is 9.59 Å². The van der Waals surface area contributed by atoms with E-state index in [1.807, 2.05) is 0 Å². The number of carbonyl (C=O) groups is 2. The fourth-order valence-electron chi connectivity index (χ4n) is 7.12. The minimum atomic E-state index is 0.321. The topological polar surface area (TPSA) is 40.6 Å². The van der Waals surface area contributed by atoms with E-state index in [-0.39, 0.29) is 0 Å². The van der Waals surface area contributed by atoms with Crippen LogP contribution in [0.3, 0.4) is 0 Å². The van der Waals surface area contributed by atoms with Gasteiger partial charge in [0.15, 0.2) is 0 Å². The van der Waals surface area contributed by atoms with E-state index in [9.17, 15) is 9.59 Å². The number of allylic oxidation sites excluding steroid dienone is 1. The third-order valence-corrected chi connectivity index (χ3v) is 10.0. The molecule has 1 saturated heterocycles. The molecule has 1 aliphatic heterocycles. The minimum Gasteiger partial charge on any atom is -0.340 e. The molecule has 0 aromatic carbocycles. The van der Waals surface area contributed by atoms with E-state index in [4.69, 9.17) is 0 Å². The van der Waals surface area contributed by atoms with Gasteiger partial charge < -0.3 is 14.6 Å². The lowest BCUT2D eigenvalue weighted by Crippen LogP contribution is -2.41. The highest BCUT2D eigenvalue weighted by molar-refractivity contribution is 5.76. The Morgan fingerprint density at radius 2 is 1.07 bits per heavy atom. The summed E-state index contributed by atoms with van der Waals surface area (Å²) in [5, 5.41) is 0. The zero-order valence-electron chi connectivity index (χ0n) is 30.8. The van der Waals surface area contributed by atoms with Gasteiger partial charge in [0.2, 0.25) is 5.91 Å². The van der Waals surface area contributed by atoms with E-state index in [0.29, 0.717) is 17.7 Å². The Balaban J connectivity index is 2.64. The van der Waals surface area contributed by atoms with E-state index in [0.717, 1.165) is 38.6 Å². The summed E-state index contributed by atoms with van der Waals surface area (Å²) in [6.07, 6.45) is 35.5. The lowest BCUT2D eigenvalue weighted by atomic mass is 9.97. The van der Waals surface area contributed by atoms with Crippen LogP contribution < -0.4 is 0 Å². The Morgan fingerprint density at radius 1 is 0.600 bits per heavy atom. The summed E-state index contributed by atoms with van der Waals surface area (Å²) in [4.78, 5) is 30.0. The number of amides is 1. The average molecular weight is 631 g/mol. The average Bonchev–Trinajstić information content (AvgIpc) is 3.53. The maximum Gasteiger partial charge on any atom is 0.222 e. The van der Waals surface area contributed by atoms with E-state index in [1.54, 1.807) is 6.92 Å². The summed E-state index contributed by atoms with van der Waals surface area (Å²) in [6.45, 7) is 14.8. The minimum absolute atomic E-state index is 0.321. The van der Waals surface area contributed by atoms with E-state index < -0.39 is 0 Å². The van der Waals surface area contributed by atoms with Gasteiger partial charge in [0, 0.05) is 25.4 Å². The number of likely N-dealkylation sites (tertiary alicyclic amines) is 1. The molecule has 1 heterocycles. The van der Waals surface area contributed by atoms with Gasteiger partial charge in [-0.25, -0.2) is 0 Å². The Morgan fingerprint density at radius 3 is 1.60 bits per heavy atom. The maximum absolute atomic E-state index is 13.8. The van der Waals surface area contributed by atoms with Gasteiger partial charge in [-0.2, -0.15) is 0 Å². The number of hydrogen-bond donors (Lipinski definition) is 0. The zero-order valence-corrected chi connectivity index (χ0v) is 30.8. The molecule has 1 amide bonds. The Hall–Kier alpha value is -1.16. The zero-order chi connectivity index (χ0) is 32.8. The van der Waals surface area contributed by atoms with Gasteiger partial charge in [0.1, 0.15) is 5.78 Å². The second-order valence-corrected chi connectivity index (χ2v) is 14.7. The molecule has 0 aliphatic carbocycles. The SMILES string of the molecule is C=C(C)CCCCCCCCC(CCCCCCCCC(C)=O)N(CCCCCCCCCC)C(=O)CCCCN1CCCC1. The predicted octanol–water partition coefficient (Wildman–Crippen LogP) is 12.0. The van der Waals surface area contributed by atoms with Crippen molar-refractivity contribution in [3.63, 3.8) is 0 Å². The smallest absolute Gasteiger partial charge is 0.222 e. The Labute approximate surface area is 281 Å². The van der Waals surface area contributed by atoms with Crippen LogP contribution in [0.5, 0.6) is 0 Å². The first-order valence-corrected chi connectivity index (χ1v) is 20.1. The summed E-state index contributed by atoms with van der Waals surface area (Å²) < 4.78 is 0. The maximum atomic E-state index is 13.8. The van der Waals surface area contributed by atoms with Crippen LogP contribution in [0.15, 0.2) is 12.2 Å². The molecule has 1 fully saturated rings. The van der Waals surface area contributed by atoms with Gasteiger partial charge in [0.25, 0.3) is 0 Å². The van der Waals surface area contributed by atoms with Crippen LogP contribution in [0.2, 0.25) is 0 Å². The molecule has 4 heteroatoms. The lowest BCUT2D eigenvalue weighted by Gasteiger charge is -2.33. The van der Waals surface area contributed by atoms with Crippen LogP contribution in [0.4, 0.5) is 0 Å². The molecule has 0 saturated carbocycles. The number of rotatable bonds is 33. The summed E-state index contributed by atoms with van der Waals surface area (Å²) in [6, 6.07) is 0.418. The van der Waals surface area contributed by atoms with Gasteiger partial charge in [-0.05, 0) is 97.7 Å². The largest absolute Gasteiger partial charge is 0.340 e. The molecule has 0 spiro atoms. The second-order valence-electron chi connectivity index (χ2n) is 14.7. The number of hydrogen-bond acceptors (Lipinski definition) is 3. The van der Waals surface area contributed by atoms with E-state index in [1.165, 1.54) is 179 Å². The fourth-order valence-corrected chi connectivity index (χ4v) is 7.12. The van der Waals surface area contributed by atoms with Crippen LogP contribution in [0, 0.1) is 0 Å². The van der Waals surface area contributed by atoms with Crippen molar-refractivity contribution in [1.29, 1.82) is 0 Å². The number of ketones is 1. The summed E-state index contributed by atoms with van der Waals surface area (Å²) in [7, 11) is 0. The lowest BCUT2D eigenvalue weighted by molar-refractivity contribution is -0.134. The van der Waals surface area contributed by atoms with Crippen molar-refractivity contribution in [2.45, 2.75) is 213 Å². The number of carbonyl (C=O) groups excluding carboxylic acids is 2. The molecule has 264 valence electrons. The van der Waals surface area contributed by atoms with Crippen LogP contribution in [0.25, 0.3) is 0 Å². The van der Waals surface area contributed by atoms with Gasteiger partial charge in [0.05, 0.1) is 0 Å². The van der Waals surface area contributed by atoms with Gasteiger partial charge >= 0.3 is 0 Å². The summed E-state index contributed by atoms with van der Waals surface area (Å²) in [5.74, 6) is 0.760. The van der Waals surface area contributed by atoms with Crippen LogP contribution in [0.1, 0.15) is 207 Å². The molecule has 45 heavy (non-hydrogen) atoms. The molecule has 0 radical (unpaired) electrons. The van der Waals surface area contributed by atoms with Gasteiger partial charge in [-0.3, -0.25) is 4.79 Å². The van der Waals surface area contributed by atoms with Crippen molar-refractivity contribution in [1.82, 2.24) is 9.80 Å². The second kappa shape index (κ2) is 30.2. The number of nitrogens with zero attached hydrogens (tertiary/aromatic N) is 2. The van der Waals surface area contributed by atoms with E-state index >= 15 is 0 Å². The van der Waals surface area contributed by atoms with Crippen LogP contribution >= 0.6 is 0 Å². The molecule has 1 unspecified atom stereocenters. The van der Waals surface area contributed by atoms with Crippen molar-refractivity contribution in [2.75, 3.05) is 26.2 Å². The normalized spacial score (nSPS) is 14.2. The van der Waals surface area contributed by atoms with Crippen LogP contribution in [-0.4, -0.2) is 53.7 Å². The first kappa shape index (κ1) is 41.9. The molecule has 1 aliphatic rings. The van der Waals surface area contributed by atoms with Gasteiger partial charge in [-0.15, -0.1) is 6.58 Å². The fraction of sp³-hybridized carbons (Fsp3) is 0.902. The molecule has 0 aromatic rings. The predicted molar refractivity (Wildman–Crippen MR) is 197 cm³/mol. The van der Waals surface area contributed by atoms with Crippen molar-refractivity contribution >= 4 is 11.7 Å². The highest BCUT2D eigenvalue weighted by Gasteiger charge is 2.23. The molecule has 1 atom stereocenters. The number of Topliss-reactive ketones (excluding diaryl/α,β-unsaturated/α-hetero) is 1. The van der Waals surface area contributed by atoms with Crippen molar-refractivity contribution in [2.24, 2.45) is 0 Å².